The summed E-state index contributed by atoms with van der Waals surface area (Å²) in [6, 6.07) is 8.26. The van der Waals surface area contributed by atoms with Gasteiger partial charge < -0.3 is 15.4 Å². The first-order valence-corrected chi connectivity index (χ1v) is 8.07. The van der Waals surface area contributed by atoms with E-state index in [1.54, 1.807) is 0 Å². The maximum absolute atomic E-state index is 12.2. The van der Waals surface area contributed by atoms with Crippen LogP contribution in [0.15, 0.2) is 30.5 Å². The summed E-state index contributed by atoms with van der Waals surface area (Å²) in [6.07, 6.45) is 6.24. The molecule has 1 fully saturated rings. The number of aliphatic hydroxyl groups excluding tert-OH is 1. The molecule has 1 saturated carbocycles. The molecule has 0 saturated heterocycles. The topological polar surface area (TPSA) is 65.1 Å². The van der Waals surface area contributed by atoms with E-state index in [0.717, 1.165) is 31.2 Å². The van der Waals surface area contributed by atoms with Gasteiger partial charge in [-0.15, -0.1) is 0 Å². The highest BCUT2D eigenvalue weighted by Crippen LogP contribution is 2.37. The van der Waals surface area contributed by atoms with Gasteiger partial charge in [0.15, 0.2) is 0 Å². The Balaban J connectivity index is 1.59. The Kier molecular flexibility index (Phi) is 4.21. The first-order chi connectivity index (χ1) is 10.6. The van der Waals surface area contributed by atoms with Crippen molar-refractivity contribution < 1.29 is 9.90 Å². The van der Waals surface area contributed by atoms with E-state index < -0.39 is 0 Å². The Hall–Kier alpha value is -1.81. The van der Waals surface area contributed by atoms with E-state index in [2.05, 4.69) is 23.3 Å². The third-order valence-corrected chi connectivity index (χ3v) is 5.07. The molecule has 1 aliphatic carbocycles. The molecule has 1 aromatic carbocycles. The van der Waals surface area contributed by atoms with E-state index in [1.165, 1.54) is 10.9 Å². The van der Waals surface area contributed by atoms with Crippen LogP contribution in [0, 0.1) is 5.41 Å². The molecule has 3 N–H and O–H groups in total. The van der Waals surface area contributed by atoms with Crippen LogP contribution in [0.3, 0.4) is 0 Å². The number of aromatic amines is 1. The van der Waals surface area contributed by atoms with Crippen LogP contribution in [-0.2, 0) is 11.2 Å². The number of para-hydroxylation sites is 1. The third kappa shape index (κ3) is 2.88. The van der Waals surface area contributed by atoms with Crippen LogP contribution in [0.2, 0.25) is 0 Å². The average Bonchev–Trinajstić information content (AvgIpc) is 3.10. The van der Waals surface area contributed by atoms with Crippen molar-refractivity contribution >= 4 is 16.8 Å². The van der Waals surface area contributed by atoms with Gasteiger partial charge in [0.05, 0.1) is 6.61 Å². The van der Waals surface area contributed by atoms with Crippen LogP contribution in [-0.4, -0.2) is 28.6 Å². The van der Waals surface area contributed by atoms with Crippen molar-refractivity contribution in [1.29, 1.82) is 0 Å². The minimum atomic E-state index is -0.156. The Bertz CT molecular complexity index is 664. The Morgan fingerprint density at radius 2 is 2.27 bits per heavy atom. The normalized spacial score (nSPS) is 24.7. The molecule has 2 unspecified atom stereocenters. The van der Waals surface area contributed by atoms with Crippen LogP contribution >= 0.6 is 0 Å². The van der Waals surface area contributed by atoms with Crippen molar-refractivity contribution in [1.82, 2.24) is 10.3 Å². The molecule has 3 rings (SSSR count). The lowest BCUT2D eigenvalue weighted by Gasteiger charge is -2.30. The fourth-order valence-electron chi connectivity index (χ4n) is 3.52. The molecule has 4 heteroatoms. The number of aliphatic hydroxyl groups is 1. The first-order valence-electron chi connectivity index (χ1n) is 8.07. The summed E-state index contributed by atoms with van der Waals surface area (Å²) in [5.41, 5.74) is 2.14. The lowest BCUT2D eigenvalue weighted by atomic mass is 9.85. The quantitative estimate of drug-likeness (QED) is 0.795. The number of rotatable bonds is 5. The molecule has 2 atom stereocenters. The second-order valence-electron chi connectivity index (χ2n) is 6.68. The van der Waals surface area contributed by atoms with E-state index in [9.17, 15) is 9.90 Å². The molecule has 1 heterocycles. The Morgan fingerprint density at radius 1 is 1.45 bits per heavy atom. The predicted molar refractivity (Wildman–Crippen MR) is 87.6 cm³/mol. The van der Waals surface area contributed by atoms with Gasteiger partial charge in [0.25, 0.3) is 0 Å². The number of aromatic nitrogens is 1. The van der Waals surface area contributed by atoms with E-state index in [0.29, 0.717) is 6.42 Å². The van der Waals surface area contributed by atoms with Crippen molar-refractivity contribution in [2.45, 2.75) is 45.1 Å². The summed E-state index contributed by atoms with van der Waals surface area (Å²) in [5, 5.41) is 13.9. The summed E-state index contributed by atoms with van der Waals surface area (Å²) < 4.78 is 0. The molecule has 118 valence electrons. The molecule has 0 bridgehead atoms. The Labute approximate surface area is 130 Å². The summed E-state index contributed by atoms with van der Waals surface area (Å²) in [6.45, 7) is 2.20. The van der Waals surface area contributed by atoms with Crippen LogP contribution in [0.4, 0.5) is 0 Å². The highest BCUT2D eigenvalue weighted by atomic mass is 16.3. The number of hydrogen-bond acceptors (Lipinski definition) is 2. The molecule has 0 radical (unpaired) electrons. The monoisotopic (exact) mass is 300 g/mol. The first kappa shape index (κ1) is 15.1. The van der Waals surface area contributed by atoms with Gasteiger partial charge in [0, 0.05) is 35.0 Å². The minimum Gasteiger partial charge on any atom is -0.396 e. The lowest BCUT2D eigenvalue weighted by Crippen LogP contribution is -2.44. The number of H-pyrrole nitrogens is 1. The number of amides is 1. The minimum absolute atomic E-state index is 0.0804. The highest BCUT2D eigenvalue weighted by Gasteiger charge is 2.38. The van der Waals surface area contributed by atoms with Gasteiger partial charge in [-0.1, -0.05) is 31.5 Å². The van der Waals surface area contributed by atoms with Crippen molar-refractivity contribution in [3.63, 3.8) is 0 Å². The van der Waals surface area contributed by atoms with Crippen LogP contribution in [0.5, 0.6) is 0 Å². The second kappa shape index (κ2) is 6.13. The molecule has 4 nitrogen and oxygen atoms in total. The number of carbonyl (C=O) groups is 1. The van der Waals surface area contributed by atoms with Gasteiger partial charge in [0.2, 0.25) is 5.91 Å². The molecule has 1 amide bonds. The number of carbonyl (C=O) groups excluding carboxylic acids is 1. The molecule has 2 aromatic rings. The fourth-order valence-corrected chi connectivity index (χ4v) is 3.52. The number of nitrogens with one attached hydrogen (secondary N) is 2. The van der Waals surface area contributed by atoms with Crippen molar-refractivity contribution in [2.24, 2.45) is 5.41 Å². The Morgan fingerprint density at radius 3 is 3.09 bits per heavy atom. The average molecular weight is 300 g/mol. The van der Waals surface area contributed by atoms with Gasteiger partial charge in [-0.2, -0.15) is 0 Å². The smallest absolute Gasteiger partial charge is 0.220 e. The number of fused-ring (bicyclic) bond motifs is 1. The molecule has 0 spiro atoms. The van der Waals surface area contributed by atoms with E-state index in [-0.39, 0.29) is 24.0 Å². The van der Waals surface area contributed by atoms with Gasteiger partial charge in [-0.3, -0.25) is 4.79 Å². The SMILES string of the molecule is CC1(CO)CCCC1NC(=O)CCc1c[nH]c2ccccc12. The highest BCUT2D eigenvalue weighted by molar-refractivity contribution is 5.84. The van der Waals surface area contributed by atoms with E-state index in [1.807, 2.05) is 24.4 Å². The van der Waals surface area contributed by atoms with Crippen molar-refractivity contribution in [3.8, 4) is 0 Å². The van der Waals surface area contributed by atoms with Gasteiger partial charge >= 0.3 is 0 Å². The third-order valence-electron chi connectivity index (χ3n) is 5.07. The van der Waals surface area contributed by atoms with Crippen molar-refractivity contribution in [2.75, 3.05) is 6.61 Å². The van der Waals surface area contributed by atoms with Gasteiger partial charge in [0.1, 0.15) is 0 Å². The van der Waals surface area contributed by atoms with E-state index >= 15 is 0 Å². The second-order valence-corrected chi connectivity index (χ2v) is 6.68. The van der Waals surface area contributed by atoms with Crippen molar-refractivity contribution in [3.05, 3.63) is 36.0 Å². The zero-order valence-corrected chi connectivity index (χ0v) is 13.1. The summed E-state index contributed by atoms with van der Waals surface area (Å²) in [7, 11) is 0. The zero-order chi connectivity index (χ0) is 15.6. The van der Waals surface area contributed by atoms with Crippen LogP contribution in [0.1, 0.15) is 38.2 Å². The predicted octanol–water partition coefficient (Wildman–Crippen LogP) is 2.77. The van der Waals surface area contributed by atoms with Gasteiger partial charge in [-0.05, 0) is 30.9 Å². The number of aryl methyl sites for hydroxylation is 1. The molecular weight excluding hydrogens is 276 g/mol. The molecule has 22 heavy (non-hydrogen) atoms. The maximum Gasteiger partial charge on any atom is 0.220 e. The molecule has 1 aliphatic rings. The molecular formula is C18H24N2O2. The maximum atomic E-state index is 12.2. The summed E-state index contributed by atoms with van der Waals surface area (Å²) >= 11 is 0. The molecule has 0 aliphatic heterocycles. The standard InChI is InChI=1S/C18H24N2O2/c1-18(12-21)10-4-7-16(18)20-17(22)9-8-13-11-19-15-6-3-2-5-14(13)15/h2-3,5-6,11,16,19,21H,4,7-10,12H2,1H3,(H,20,22). The zero-order valence-electron chi connectivity index (χ0n) is 13.1. The lowest BCUT2D eigenvalue weighted by molar-refractivity contribution is -0.122. The fraction of sp³-hybridized carbons (Fsp3) is 0.500. The van der Waals surface area contributed by atoms with Gasteiger partial charge in [-0.25, -0.2) is 0 Å². The largest absolute Gasteiger partial charge is 0.396 e. The summed E-state index contributed by atoms with van der Waals surface area (Å²) in [5.74, 6) is 0.0804. The number of benzene rings is 1. The van der Waals surface area contributed by atoms with Crippen LogP contribution < -0.4 is 5.32 Å². The number of hydrogen-bond donors (Lipinski definition) is 3. The summed E-state index contributed by atoms with van der Waals surface area (Å²) in [4.78, 5) is 15.5. The van der Waals surface area contributed by atoms with Crippen LogP contribution in [0.25, 0.3) is 10.9 Å². The van der Waals surface area contributed by atoms with E-state index in [4.69, 9.17) is 0 Å². The molecule has 1 aromatic heterocycles.